The minimum atomic E-state index is 0.708. The van der Waals surface area contributed by atoms with Gasteiger partial charge in [0.1, 0.15) is 0 Å². The van der Waals surface area contributed by atoms with Gasteiger partial charge in [-0.2, -0.15) is 0 Å². The van der Waals surface area contributed by atoms with Crippen LogP contribution in [0.2, 0.25) is 0 Å². The molecule has 0 aliphatic heterocycles. The number of allylic oxidation sites excluding steroid dienone is 1. The fraction of sp³-hybridized carbons (Fsp3) is 0.818. The summed E-state index contributed by atoms with van der Waals surface area (Å²) in [5, 5.41) is 0. The lowest BCUT2D eigenvalue weighted by Crippen LogP contribution is -2.11. The third-order valence-corrected chi connectivity index (χ3v) is 2.67. The molecule has 0 saturated heterocycles. The molecule has 0 spiro atoms. The highest BCUT2D eigenvalue weighted by molar-refractivity contribution is 4.96. The Bertz CT molecular complexity index is 113. The average molecular weight is 154 g/mol. The van der Waals surface area contributed by atoms with E-state index >= 15 is 0 Å². The summed E-state index contributed by atoms with van der Waals surface area (Å²) in [6.07, 6.45) is 3.95. The monoisotopic (exact) mass is 154 g/mol. The fourth-order valence-corrected chi connectivity index (χ4v) is 1.58. The van der Waals surface area contributed by atoms with Gasteiger partial charge in [-0.05, 0) is 18.8 Å². The molecule has 0 radical (unpaired) electrons. The van der Waals surface area contributed by atoms with Crippen LogP contribution in [-0.2, 0) is 0 Å². The van der Waals surface area contributed by atoms with E-state index in [9.17, 15) is 0 Å². The summed E-state index contributed by atoms with van der Waals surface area (Å²) in [6.45, 7) is 13.0. The molecule has 0 aromatic carbocycles. The first kappa shape index (κ1) is 10.7. The maximum atomic E-state index is 4.01. The summed E-state index contributed by atoms with van der Waals surface area (Å²) in [6, 6.07) is 0. The minimum Gasteiger partial charge on any atom is -0.0999 e. The standard InChI is InChI=1S/C11H22/c1-6-8-11(7-2)10(5)9(3)4/h10-11H,3,6-8H2,1-2,4-5H3. The van der Waals surface area contributed by atoms with Crippen LogP contribution in [0.25, 0.3) is 0 Å². The molecule has 0 rings (SSSR count). The summed E-state index contributed by atoms with van der Waals surface area (Å²) < 4.78 is 0. The summed E-state index contributed by atoms with van der Waals surface area (Å²) in [4.78, 5) is 0. The van der Waals surface area contributed by atoms with Crippen LogP contribution in [0.5, 0.6) is 0 Å². The van der Waals surface area contributed by atoms with Gasteiger partial charge in [0, 0.05) is 0 Å². The molecule has 0 nitrogen and oxygen atoms in total. The van der Waals surface area contributed by atoms with Gasteiger partial charge in [0.2, 0.25) is 0 Å². The van der Waals surface area contributed by atoms with Crippen LogP contribution in [0.3, 0.4) is 0 Å². The first-order valence-electron chi connectivity index (χ1n) is 4.78. The van der Waals surface area contributed by atoms with Crippen LogP contribution in [-0.4, -0.2) is 0 Å². The largest absolute Gasteiger partial charge is 0.0999 e. The maximum Gasteiger partial charge on any atom is -0.0209 e. The van der Waals surface area contributed by atoms with E-state index in [0.29, 0.717) is 5.92 Å². The predicted octanol–water partition coefficient (Wildman–Crippen LogP) is 4.02. The van der Waals surface area contributed by atoms with E-state index < -0.39 is 0 Å². The van der Waals surface area contributed by atoms with Crippen molar-refractivity contribution in [2.45, 2.75) is 47.0 Å². The van der Waals surface area contributed by atoms with E-state index in [1.165, 1.54) is 24.8 Å². The molecule has 0 heterocycles. The van der Waals surface area contributed by atoms with E-state index in [2.05, 4.69) is 34.3 Å². The van der Waals surface area contributed by atoms with Crippen molar-refractivity contribution >= 4 is 0 Å². The van der Waals surface area contributed by atoms with Gasteiger partial charge >= 0.3 is 0 Å². The molecular weight excluding hydrogens is 132 g/mol. The zero-order valence-electron chi connectivity index (χ0n) is 8.48. The van der Waals surface area contributed by atoms with E-state index in [1.54, 1.807) is 0 Å². The lowest BCUT2D eigenvalue weighted by molar-refractivity contribution is 0.362. The molecule has 0 amide bonds. The van der Waals surface area contributed by atoms with Crippen molar-refractivity contribution in [2.75, 3.05) is 0 Å². The van der Waals surface area contributed by atoms with Crippen LogP contribution < -0.4 is 0 Å². The highest BCUT2D eigenvalue weighted by Gasteiger charge is 2.14. The van der Waals surface area contributed by atoms with Crippen molar-refractivity contribution in [1.29, 1.82) is 0 Å². The van der Waals surface area contributed by atoms with Crippen molar-refractivity contribution in [3.05, 3.63) is 12.2 Å². The van der Waals surface area contributed by atoms with Crippen molar-refractivity contribution in [1.82, 2.24) is 0 Å². The molecule has 0 aliphatic rings. The lowest BCUT2D eigenvalue weighted by atomic mass is 9.84. The Morgan fingerprint density at radius 1 is 1.36 bits per heavy atom. The molecule has 0 N–H and O–H groups in total. The van der Waals surface area contributed by atoms with Crippen LogP contribution in [0, 0.1) is 11.8 Å². The zero-order valence-corrected chi connectivity index (χ0v) is 8.48. The van der Waals surface area contributed by atoms with Gasteiger partial charge in [-0.25, -0.2) is 0 Å². The molecule has 11 heavy (non-hydrogen) atoms. The Kier molecular flexibility index (Phi) is 5.27. The molecule has 66 valence electrons. The first-order valence-corrected chi connectivity index (χ1v) is 4.78. The highest BCUT2D eigenvalue weighted by atomic mass is 14.2. The lowest BCUT2D eigenvalue weighted by Gasteiger charge is -2.22. The van der Waals surface area contributed by atoms with Gasteiger partial charge in [-0.1, -0.05) is 52.2 Å². The van der Waals surface area contributed by atoms with Crippen LogP contribution in [0.1, 0.15) is 47.0 Å². The highest BCUT2D eigenvalue weighted by Crippen LogP contribution is 2.25. The predicted molar refractivity (Wildman–Crippen MR) is 52.7 cm³/mol. The summed E-state index contributed by atoms with van der Waals surface area (Å²) >= 11 is 0. The molecule has 0 aliphatic carbocycles. The number of hydrogen-bond acceptors (Lipinski definition) is 0. The summed E-state index contributed by atoms with van der Waals surface area (Å²) in [7, 11) is 0. The van der Waals surface area contributed by atoms with E-state index in [1.807, 2.05) is 0 Å². The van der Waals surface area contributed by atoms with Gasteiger partial charge in [-0.3, -0.25) is 0 Å². The Labute approximate surface area is 71.7 Å². The van der Waals surface area contributed by atoms with Gasteiger partial charge < -0.3 is 0 Å². The second-order valence-corrected chi connectivity index (χ2v) is 3.59. The molecule has 0 saturated carbocycles. The molecular formula is C11H22. The Balaban J connectivity index is 3.91. The average Bonchev–Trinajstić information content (AvgIpc) is 1.98. The molecule has 2 atom stereocenters. The molecule has 2 unspecified atom stereocenters. The van der Waals surface area contributed by atoms with E-state index in [-0.39, 0.29) is 0 Å². The Hall–Kier alpha value is -0.260. The minimum absolute atomic E-state index is 0.708. The molecule has 0 heteroatoms. The second-order valence-electron chi connectivity index (χ2n) is 3.59. The smallest absolute Gasteiger partial charge is 0.0209 e. The topological polar surface area (TPSA) is 0 Å². The summed E-state index contributed by atoms with van der Waals surface area (Å²) in [5.74, 6) is 1.57. The van der Waals surface area contributed by atoms with Crippen LogP contribution in [0.4, 0.5) is 0 Å². The van der Waals surface area contributed by atoms with E-state index in [4.69, 9.17) is 0 Å². The quantitative estimate of drug-likeness (QED) is 0.524. The van der Waals surface area contributed by atoms with Gasteiger partial charge in [-0.15, -0.1) is 0 Å². The van der Waals surface area contributed by atoms with E-state index in [0.717, 1.165) is 5.92 Å². The van der Waals surface area contributed by atoms with Gasteiger partial charge in [0.15, 0.2) is 0 Å². The second kappa shape index (κ2) is 5.40. The van der Waals surface area contributed by atoms with Crippen molar-refractivity contribution in [3.63, 3.8) is 0 Å². The number of hydrogen-bond donors (Lipinski definition) is 0. The van der Waals surface area contributed by atoms with Crippen LogP contribution in [0.15, 0.2) is 12.2 Å². The summed E-state index contributed by atoms with van der Waals surface area (Å²) in [5.41, 5.74) is 1.34. The van der Waals surface area contributed by atoms with Crippen molar-refractivity contribution < 1.29 is 0 Å². The molecule has 0 bridgehead atoms. The van der Waals surface area contributed by atoms with Gasteiger partial charge in [0.25, 0.3) is 0 Å². The Morgan fingerprint density at radius 3 is 2.18 bits per heavy atom. The zero-order chi connectivity index (χ0) is 8.85. The first-order chi connectivity index (χ1) is 5.13. The maximum absolute atomic E-state index is 4.01. The normalized spacial score (nSPS) is 16.0. The number of rotatable bonds is 5. The molecule has 0 fully saturated rings. The Morgan fingerprint density at radius 2 is 1.91 bits per heavy atom. The molecule has 0 aromatic rings. The fourth-order valence-electron chi connectivity index (χ4n) is 1.58. The third kappa shape index (κ3) is 3.60. The van der Waals surface area contributed by atoms with Crippen LogP contribution >= 0.6 is 0 Å². The van der Waals surface area contributed by atoms with Crippen molar-refractivity contribution in [3.8, 4) is 0 Å². The third-order valence-electron chi connectivity index (χ3n) is 2.67. The van der Waals surface area contributed by atoms with Gasteiger partial charge in [0.05, 0.1) is 0 Å². The van der Waals surface area contributed by atoms with Crippen molar-refractivity contribution in [2.24, 2.45) is 11.8 Å². The SMILES string of the molecule is C=C(C)C(C)C(CC)CCC. The molecule has 0 aromatic heterocycles.